The van der Waals surface area contributed by atoms with Crippen LogP contribution in [0.2, 0.25) is 0 Å². The summed E-state index contributed by atoms with van der Waals surface area (Å²) in [7, 11) is 0. The molecule has 0 heterocycles. The van der Waals surface area contributed by atoms with Gasteiger partial charge in [0.1, 0.15) is 0 Å². The Labute approximate surface area is 105 Å². The molecule has 1 saturated carbocycles. The molecule has 0 saturated heterocycles. The molecular weight excluding hydrogens is 236 g/mol. The maximum absolute atomic E-state index is 13.0. The normalized spacial score (nSPS) is 17.1. The topological polar surface area (TPSA) is 50.4 Å². The molecular formula is C13H17F2N3. The summed E-state index contributed by atoms with van der Waals surface area (Å²) in [6.07, 6.45) is 4.66. The largest absolute Gasteiger partial charge is 0.370 e. The van der Waals surface area contributed by atoms with E-state index in [9.17, 15) is 8.78 Å². The van der Waals surface area contributed by atoms with Crippen LogP contribution in [-0.2, 0) is 6.54 Å². The monoisotopic (exact) mass is 253 g/mol. The van der Waals surface area contributed by atoms with Gasteiger partial charge in [0.2, 0.25) is 0 Å². The molecule has 0 bridgehead atoms. The predicted octanol–water partition coefficient (Wildman–Crippen LogP) is 2.31. The molecule has 0 unspecified atom stereocenters. The molecule has 1 aliphatic rings. The molecule has 0 spiro atoms. The molecule has 1 aliphatic carbocycles. The third-order valence-corrected chi connectivity index (χ3v) is 3.12. The van der Waals surface area contributed by atoms with E-state index in [-0.39, 0.29) is 6.54 Å². The average molecular weight is 253 g/mol. The van der Waals surface area contributed by atoms with Crippen LogP contribution in [0.25, 0.3) is 0 Å². The molecule has 0 aromatic heterocycles. The first-order valence-electron chi connectivity index (χ1n) is 6.15. The maximum Gasteiger partial charge on any atom is 0.189 e. The van der Waals surface area contributed by atoms with Gasteiger partial charge in [0.25, 0.3) is 0 Å². The number of guanidine groups is 1. The highest BCUT2D eigenvalue weighted by Gasteiger charge is 2.14. The third-order valence-electron chi connectivity index (χ3n) is 3.12. The maximum atomic E-state index is 13.0. The van der Waals surface area contributed by atoms with E-state index in [2.05, 4.69) is 10.3 Å². The lowest BCUT2D eigenvalue weighted by Crippen LogP contribution is -2.38. The predicted molar refractivity (Wildman–Crippen MR) is 67.1 cm³/mol. The Bertz CT molecular complexity index is 440. The Morgan fingerprint density at radius 1 is 1.28 bits per heavy atom. The molecule has 1 aromatic carbocycles. The van der Waals surface area contributed by atoms with Crippen molar-refractivity contribution in [3.05, 3.63) is 35.4 Å². The van der Waals surface area contributed by atoms with Crippen LogP contribution in [0, 0.1) is 11.6 Å². The van der Waals surface area contributed by atoms with E-state index in [1.807, 2.05) is 0 Å². The molecule has 98 valence electrons. The summed E-state index contributed by atoms with van der Waals surface area (Å²) in [5, 5.41) is 3.14. The fourth-order valence-corrected chi connectivity index (χ4v) is 2.14. The molecule has 1 fully saturated rings. The highest BCUT2D eigenvalue weighted by molar-refractivity contribution is 5.78. The minimum absolute atomic E-state index is 0.253. The van der Waals surface area contributed by atoms with E-state index >= 15 is 0 Å². The summed E-state index contributed by atoms with van der Waals surface area (Å²) in [6, 6.07) is 4.14. The molecule has 3 N–H and O–H groups in total. The van der Waals surface area contributed by atoms with E-state index in [1.54, 1.807) is 0 Å². The number of halogens is 2. The Balaban J connectivity index is 1.90. The lowest BCUT2D eigenvalue weighted by Gasteiger charge is -2.12. The third kappa shape index (κ3) is 3.42. The summed E-state index contributed by atoms with van der Waals surface area (Å²) < 4.78 is 25.7. The van der Waals surface area contributed by atoms with Crippen molar-refractivity contribution < 1.29 is 8.78 Å². The number of nitrogens with two attached hydrogens (primary N) is 1. The summed E-state index contributed by atoms with van der Waals surface area (Å²) in [5.74, 6) is -1.34. The fraction of sp³-hybridized carbons (Fsp3) is 0.462. The zero-order valence-electron chi connectivity index (χ0n) is 10.1. The molecule has 2 rings (SSSR count). The van der Waals surface area contributed by atoms with Crippen LogP contribution in [0.15, 0.2) is 23.2 Å². The highest BCUT2D eigenvalue weighted by Crippen LogP contribution is 2.17. The number of rotatable bonds is 3. The molecule has 3 nitrogen and oxygen atoms in total. The number of aliphatic imine (C=N–C) groups is 1. The highest BCUT2D eigenvalue weighted by atomic mass is 19.2. The summed E-state index contributed by atoms with van der Waals surface area (Å²) >= 11 is 0. The van der Waals surface area contributed by atoms with Crippen molar-refractivity contribution in [2.45, 2.75) is 38.3 Å². The SMILES string of the molecule is NC(=NCc1ccc(F)c(F)c1)NC1CCCC1. The van der Waals surface area contributed by atoms with Crippen molar-refractivity contribution in [1.82, 2.24) is 5.32 Å². The summed E-state index contributed by atoms with van der Waals surface area (Å²) in [6.45, 7) is 0.253. The number of nitrogens with one attached hydrogen (secondary N) is 1. The molecule has 0 atom stereocenters. The van der Waals surface area contributed by atoms with Gasteiger partial charge in [0, 0.05) is 6.04 Å². The second kappa shape index (κ2) is 5.80. The van der Waals surface area contributed by atoms with Gasteiger partial charge in [-0.3, -0.25) is 0 Å². The zero-order valence-corrected chi connectivity index (χ0v) is 10.1. The van der Waals surface area contributed by atoms with E-state index in [1.165, 1.54) is 18.9 Å². The lowest BCUT2D eigenvalue weighted by molar-refractivity contribution is 0.507. The van der Waals surface area contributed by atoms with Gasteiger partial charge in [-0.15, -0.1) is 0 Å². The van der Waals surface area contributed by atoms with Crippen LogP contribution in [-0.4, -0.2) is 12.0 Å². The fourth-order valence-electron chi connectivity index (χ4n) is 2.14. The number of hydrogen-bond donors (Lipinski definition) is 2. The number of benzene rings is 1. The molecule has 5 heteroatoms. The van der Waals surface area contributed by atoms with Crippen LogP contribution < -0.4 is 11.1 Å². The smallest absolute Gasteiger partial charge is 0.189 e. The van der Waals surface area contributed by atoms with Crippen molar-refractivity contribution in [2.75, 3.05) is 0 Å². The Kier molecular flexibility index (Phi) is 4.12. The van der Waals surface area contributed by atoms with Gasteiger partial charge in [-0.05, 0) is 30.5 Å². The molecule has 0 amide bonds. The lowest BCUT2D eigenvalue weighted by atomic mass is 10.2. The number of nitrogens with zero attached hydrogens (tertiary/aromatic N) is 1. The van der Waals surface area contributed by atoms with Gasteiger partial charge in [-0.1, -0.05) is 18.9 Å². The van der Waals surface area contributed by atoms with Gasteiger partial charge < -0.3 is 11.1 Å². The molecule has 0 aliphatic heterocycles. The van der Waals surface area contributed by atoms with Crippen LogP contribution in [0.3, 0.4) is 0 Å². The summed E-state index contributed by atoms with van der Waals surface area (Å²) in [4.78, 5) is 4.12. The Morgan fingerprint density at radius 2 is 2.00 bits per heavy atom. The van der Waals surface area contributed by atoms with Gasteiger partial charge in [0.15, 0.2) is 17.6 Å². The zero-order chi connectivity index (χ0) is 13.0. The minimum atomic E-state index is -0.856. The van der Waals surface area contributed by atoms with Crippen molar-refractivity contribution in [3.8, 4) is 0 Å². The van der Waals surface area contributed by atoms with Crippen LogP contribution in [0.1, 0.15) is 31.2 Å². The number of hydrogen-bond acceptors (Lipinski definition) is 1. The Hall–Kier alpha value is -1.65. The first kappa shape index (κ1) is 12.8. The quantitative estimate of drug-likeness (QED) is 0.641. The van der Waals surface area contributed by atoms with E-state index in [4.69, 9.17) is 5.73 Å². The van der Waals surface area contributed by atoms with Gasteiger partial charge in [-0.25, -0.2) is 13.8 Å². The van der Waals surface area contributed by atoms with E-state index in [0.717, 1.165) is 25.0 Å². The standard InChI is InChI=1S/C13H17F2N3/c14-11-6-5-9(7-12(11)15)8-17-13(16)18-10-3-1-2-4-10/h5-7,10H,1-4,8H2,(H3,16,17,18). The first-order valence-corrected chi connectivity index (χ1v) is 6.15. The second-order valence-corrected chi connectivity index (χ2v) is 4.58. The van der Waals surface area contributed by atoms with Gasteiger partial charge >= 0.3 is 0 Å². The second-order valence-electron chi connectivity index (χ2n) is 4.58. The van der Waals surface area contributed by atoms with Crippen molar-refractivity contribution in [3.63, 3.8) is 0 Å². The van der Waals surface area contributed by atoms with E-state index < -0.39 is 11.6 Å². The van der Waals surface area contributed by atoms with Crippen LogP contribution in [0.5, 0.6) is 0 Å². The van der Waals surface area contributed by atoms with Crippen molar-refractivity contribution >= 4 is 5.96 Å². The minimum Gasteiger partial charge on any atom is -0.370 e. The van der Waals surface area contributed by atoms with Crippen LogP contribution >= 0.6 is 0 Å². The van der Waals surface area contributed by atoms with E-state index in [0.29, 0.717) is 17.6 Å². The van der Waals surface area contributed by atoms with Crippen LogP contribution in [0.4, 0.5) is 8.78 Å². The van der Waals surface area contributed by atoms with Crippen molar-refractivity contribution in [1.29, 1.82) is 0 Å². The summed E-state index contributed by atoms with van der Waals surface area (Å²) in [5.41, 5.74) is 6.34. The molecule has 0 radical (unpaired) electrons. The molecule has 18 heavy (non-hydrogen) atoms. The average Bonchev–Trinajstić information content (AvgIpc) is 2.83. The van der Waals surface area contributed by atoms with Gasteiger partial charge in [-0.2, -0.15) is 0 Å². The molecule has 1 aromatic rings. The first-order chi connectivity index (χ1) is 8.65. The Morgan fingerprint density at radius 3 is 2.67 bits per heavy atom. The van der Waals surface area contributed by atoms with Gasteiger partial charge in [0.05, 0.1) is 6.54 Å². The van der Waals surface area contributed by atoms with Crippen molar-refractivity contribution in [2.24, 2.45) is 10.7 Å².